The van der Waals surface area contributed by atoms with E-state index in [2.05, 4.69) is 31.9 Å². The molecule has 1 fully saturated rings. The van der Waals surface area contributed by atoms with E-state index in [-0.39, 0.29) is 0 Å². The van der Waals surface area contributed by atoms with Gasteiger partial charge in [0, 0.05) is 30.9 Å². The molecule has 3 unspecified atom stereocenters. The molecular weight excluding hydrogens is 210 g/mol. The maximum Gasteiger partial charge on any atom is 0.0492 e. The molecule has 17 heavy (non-hydrogen) atoms. The molecule has 3 nitrogen and oxygen atoms in total. The van der Waals surface area contributed by atoms with Gasteiger partial charge in [-0.1, -0.05) is 20.8 Å². The van der Waals surface area contributed by atoms with E-state index in [1.807, 2.05) is 17.9 Å². The molecule has 1 aliphatic carbocycles. The van der Waals surface area contributed by atoms with E-state index < -0.39 is 0 Å². The summed E-state index contributed by atoms with van der Waals surface area (Å²) >= 11 is 0. The number of nitrogens with two attached hydrogens (primary N) is 1. The lowest BCUT2D eigenvalue weighted by Crippen LogP contribution is -2.39. The fourth-order valence-corrected chi connectivity index (χ4v) is 3.07. The van der Waals surface area contributed by atoms with E-state index in [9.17, 15) is 0 Å². The zero-order valence-electron chi connectivity index (χ0n) is 11.5. The molecule has 0 bridgehead atoms. The first-order valence-electron chi connectivity index (χ1n) is 6.63. The predicted octanol–water partition coefficient (Wildman–Crippen LogP) is 2.68. The van der Waals surface area contributed by atoms with Crippen molar-refractivity contribution in [1.82, 2.24) is 9.78 Å². The highest BCUT2D eigenvalue weighted by Gasteiger charge is 2.36. The van der Waals surface area contributed by atoms with Crippen molar-refractivity contribution in [2.45, 2.75) is 52.0 Å². The van der Waals surface area contributed by atoms with Gasteiger partial charge in [-0.3, -0.25) is 4.68 Å². The lowest BCUT2D eigenvalue weighted by molar-refractivity contribution is 0.151. The molecule has 3 heteroatoms. The van der Waals surface area contributed by atoms with Crippen LogP contribution in [0.4, 0.5) is 0 Å². The number of aromatic nitrogens is 2. The van der Waals surface area contributed by atoms with Gasteiger partial charge in [-0.2, -0.15) is 5.10 Å². The number of aryl methyl sites for hydroxylation is 1. The Labute approximate surface area is 104 Å². The van der Waals surface area contributed by atoms with Crippen LogP contribution in [-0.2, 0) is 7.05 Å². The molecule has 1 heterocycles. The van der Waals surface area contributed by atoms with E-state index in [4.69, 9.17) is 5.73 Å². The minimum Gasteiger partial charge on any atom is -0.327 e. The molecule has 1 aromatic rings. The molecule has 0 spiro atoms. The van der Waals surface area contributed by atoms with Crippen molar-refractivity contribution >= 4 is 0 Å². The van der Waals surface area contributed by atoms with Gasteiger partial charge >= 0.3 is 0 Å². The molecular formula is C14H25N3. The number of nitrogens with zero attached hydrogens (tertiary/aromatic N) is 2. The molecule has 0 radical (unpaired) electrons. The van der Waals surface area contributed by atoms with E-state index in [1.165, 1.54) is 18.5 Å². The van der Waals surface area contributed by atoms with Crippen LogP contribution in [0, 0.1) is 11.3 Å². The number of hydrogen-bond donors (Lipinski definition) is 1. The zero-order chi connectivity index (χ0) is 12.6. The van der Waals surface area contributed by atoms with E-state index in [0.29, 0.717) is 17.4 Å². The van der Waals surface area contributed by atoms with Crippen LogP contribution in [0.3, 0.4) is 0 Å². The predicted molar refractivity (Wildman–Crippen MR) is 70.7 cm³/mol. The van der Waals surface area contributed by atoms with Crippen LogP contribution in [0.2, 0.25) is 0 Å². The molecule has 1 aliphatic rings. The van der Waals surface area contributed by atoms with Crippen LogP contribution in [0.15, 0.2) is 12.3 Å². The van der Waals surface area contributed by atoms with Crippen LogP contribution in [-0.4, -0.2) is 15.8 Å². The molecule has 0 saturated heterocycles. The molecule has 96 valence electrons. The second kappa shape index (κ2) is 4.45. The first-order valence-corrected chi connectivity index (χ1v) is 6.63. The Kier molecular flexibility index (Phi) is 3.30. The molecule has 1 aromatic heterocycles. The fourth-order valence-electron chi connectivity index (χ4n) is 3.07. The minimum absolute atomic E-state index is 0.295. The monoisotopic (exact) mass is 235 g/mol. The van der Waals surface area contributed by atoms with Crippen molar-refractivity contribution in [2.24, 2.45) is 24.1 Å². The second-order valence-electron chi connectivity index (χ2n) is 6.53. The van der Waals surface area contributed by atoms with Crippen molar-refractivity contribution in [1.29, 1.82) is 0 Å². The van der Waals surface area contributed by atoms with Crippen LogP contribution in [0.1, 0.15) is 51.6 Å². The first-order chi connectivity index (χ1) is 7.89. The summed E-state index contributed by atoms with van der Waals surface area (Å²) in [7, 11) is 2.02. The molecule has 2 rings (SSSR count). The van der Waals surface area contributed by atoms with Gasteiger partial charge in [0.2, 0.25) is 0 Å². The lowest BCUT2D eigenvalue weighted by Gasteiger charge is -2.40. The van der Waals surface area contributed by atoms with Gasteiger partial charge in [0.1, 0.15) is 0 Å². The van der Waals surface area contributed by atoms with Gasteiger partial charge < -0.3 is 5.73 Å². The average molecular weight is 235 g/mol. The summed E-state index contributed by atoms with van der Waals surface area (Å²) in [5.41, 5.74) is 7.99. The Morgan fingerprint density at radius 3 is 2.59 bits per heavy atom. The summed E-state index contributed by atoms with van der Waals surface area (Å²) in [4.78, 5) is 0. The molecule has 0 aliphatic heterocycles. The Morgan fingerprint density at radius 2 is 2.06 bits per heavy atom. The van der Waals surface area contributed by atoms with Crippen molar-refractivity contribution in [2.75, 3.05) is 0 Å². The molecule has 0 amide bonds. The Balaban J connectivity index is 2.19. The van der Waals surface area contributed by atoms with E-state index in [1.54, 1.807) is 0 Å². The van der Waals surface area contributed by atoms with Gasteiger partial charge in [0.05, 0.1) is 0 Å². The van der Waals surface area contributed by atoms with Crippen LogP contribution < -0.4 is 5.73 Å². The SMILES string of the molecule is Cn1nccc1C1CC(C(C)(C)C)CCC1N. The molecule has 3 atom stereocenters. The minimum atomic E-state index is 0.295. The summed E-state index contributed by atoms with van der Waals surface area (Å²) in [6, 6.07) is 2.42. The summed E-state index contributed by atoms with van der Waals surface area (Å²) < 4.78 is 1.98. The lowest BCUT2D eigenvalue weighted by atomic mass is 9.67. The Bertz CT molecular complexity index is 375. The van der Waals surface area contributed by atoms with E-state index >= 15 is 0 Å². The average Bonchev–Trinajstić information content (AvgIpc) is 2.63. The Morgan fingerprint density at radius 1 is 1.35 bits per heavy atom. The number of hydrogen-bond acceptors (Lipinski definition) is 2. The van der Waals surface area contributed by atoms with Gasteiger partial charge in [0.25, 0.3) is 0 Å². The highest BCUT2D eigenvalue weighted by Crippen LogP contribution is 2.43. The van der Waals surface area contributed by atoms with E-state index in [0.717, 1.165) is 12.3 Å². The quantitative estimate of drug-likeness (QED) is 0.813. The topological polar surface area (TPSA) is 43.8 Å². The maximum atomic E-state index is 6.30. The summed E-state index contributed by atoms with van der Waals surface area (Å²) in [5.74, 6) is 1.24. The Hall–Kier alpha value is -0.830. The number of rotatable bonds is 1. The molecule has 2 N–H and O–H groups in total. The summed E-state index contributed by atoms with van der Waals surface area (Å²) in [6.45, 7) is 7.03. The fraction of sp³-hybridized carbons (Fsp3) is 0.786. The third kappa shape index (κ3) is 2.54. The third-order valence-corrected chi connectivity index (χ3v) is 4.37. The van der Waals surface area contributed by atoms with Crippen molar-refractivity contribution in [3.63, 3.8) is 0 Å². The smallest absolute Gasteiger partial charge is 0.0492 e. The van der Waals surface area contributed by atoms with Crippen molar-refractivity contribution in [3.05, 3.63) is 18.0 Å². The van der Waals surface area contributed by atoms with Crippen LogP contribution >= 0.6 is 0 Å². The normalized spacial score (nSPS) is 30.5. The first kappa shape index (κ1) is 12.6. The highest BCUT2D eigenvalue weighted by atomic mass is 15.3. The van der Waals surface area contributed by atoms with Crippen molar-refractivity contribution in [3.8, 4) is 0 Å². The highest BCUT2D eigenvalue weighted by molar-refractivity contribution is 5.12. The molecule has 1 saturated carbocycles. The van der Waals surface area contributed by atoms with Crippen molar-refractivity contribution < 1.29 is 0 Å². The van der Waals surface area contributed by atoms with Crippen LogP contribution in [0.5, 0.6) is 0 Å². The standard InChI is InChI=1S/C14H25N3/c1-14(2,3)10-5-6-12(15)11(9-10)13-7-8-16-17(13)4/h7-8,10-12H,5-6,9,15H2,1-4H3. The second-order valence-corrected chi connectivity index (χ2v) is 6.53. The zero-order valence-corrected chi connectivity index (χ0v) is 11.5. The summed E-state index contributed by atoms with van der Waals surface area (Å²) in [6.07, 6.45) is 5.48. The third-order valence-electron chi connectivity index (χ3n) is 4.37. The van der Waals surface area contributed by atoms with Gasteiger partial charge in [-0.05, 0) is 36.7 Å². The van der Waals surface area contributed by atoms with Crippen LogP contribution in [0.25, 0.3) is 0 Å². The van der Waals surface area contributed by atoms with Gasteiger partial charge in [0.15, 0.2) is 0 Å². The van der Waals surface area contributed by atoms with Gasteiger partial charge in [-0.25, -0.2) is 0 Å². The molecule has 0 aromatic carbocycles. The maximum absolute atomic E-state index is 6.30. The van der Waals surface area contributed by atoms with Gasteiger partial charge in [-0.15, -0.1) is 0 Å². The largest absolute Gasteiger partial charge is 0.327 e. The summed E-state index contributed by atoms with van der Waals surface area (Å²) in [5, 5.41) is 4.27.